The van der Waals surface area contributed by atoms with E-state index in [1.807, 2.05) is 24.3 Å². The molecule has 0 unspecified atom stereocenters. The van der Waals surface area contributed by atoms with E-state index in [1.54, 1.807) is 24.3 Å². The third kappa shape index (κ3) is 4.17. The van der Waals surface area contributed by atoms with Gasteiger partial charge >= 0.3 is 0 Å². The highest BCUT2D eigenvalue weighted by Gasteiger charge is 2.09. The van der Waals surface area contributed by atoms with Gasteiger partial charge in [0.2, 0.25) is 0 Å². The first-order valence-corrected chi connectivity index (χ1v) is 7.91. The number of para-hydroxylation sites is 1. The highest BCUT2D eigenvalue weighted by atomic mass is 19.1. The zero-order chi connectivity index (χ0) is 17.6. The number of aryl methyl sites for hydroxylation is 1. The molecule has 2 N–H and O–H groups in total. The molecule has 0 aliphatic rings. The van der Waals surface area contributed by atoms with Crippen molar-refractivity contribution in [2.45, 2.75) is 13.3 Å². The Morgan fingerprint density at radius 1 is 1.00 bits per heavy atom. The van der Waals surface area contributed by atoms with E-state index in [-0.39, 0.29) is 17.4 Å². The molecule has 3 rings (SSSR count). The van der Waals surface area contributed by atoms with Crippen LogP contribution in [0.5, 0.6) is 0 Å². The second kappa shape index (κ2) is 7.53. The molecule has 0 atom stereocenters. The van der Waals surface area contributed by atoms with Gasteiger partial charge in [0.05, 0.1) is 5.69 Å². The van der Waals surface area contributed by atoms with Crippen molar-refractivity contribution < 1.29 is 9.18 Å². The summed E-state index contributed by atoms with van der Waals surface area (Å²) < 4.78 is 13.6. The van der Waals surface area contributed by atoms with Crippen molar-refractivity contribution >= 4 is 23.1 Å². The van der Waals surface area contributed by atoms with Crippen LogP contribution in [0.25, 0.3) is 0 Å². The van der Waals surface area contributed by atoms with Crippen LogP contribution in [-0.2, 0) is 6.42 Å². The first-order valence-electron chi connectivity index (χ1n) is 7.91. The average Bonchev–Trinajstić information content (AvgIpc) is 2.65. The maximum atomic E-state index is 13.6. The number of carbonyl (C=O) groups excluding carboxylic acids is 1. The standard InChI is InChI=1S/C19H17FN4O/c1-2-13-7-9-14(10-8-13)21-19(25)17-11-12-18(24-23-17)22-16-6-4-3-5-15(16)20/h3-12H,2H2,1H3,(H,21,25)(H,22,24). The molecule has 1 heterocycles. The SMILES string of the molecule is CCc1ccc(NC(=O)c2ccc(Nc3ccccc3F)nn2)cc1. The zero-order valence-electron chi connectivity index (χ0n) is 13.7. The molecule has 0 aliphatic heterocycles. The van der Waals surface area contributed by atoms with Crippen LogP contribution in [-0.4, -0.2) is 16.1 Å². The molecular weight excluding hydrogens is 319 g/mol. The molecule has 126 valence electrons. The van der Waals surface area contributed by atoms with Crippen molar-refractivity contribution in [1.29, 1.82) is 0 Å². The molecule has 6 heteroatoms. The summed E-state index contributed by atoms with van der Waals surface area (Å²) in [6, 6.07) is 17.0. The van der Waals surface area contributed by atoms with Gasteiger partial charge in [-0.2, -0.15) is 0 Å². The number of hydrogen-bond donors (Lipinski definition) is 2. The minimum absolute atomic E-state index is 0.179. The van der Waals surface area contributed by atoms with E-state index in [9.17, 15) is 9.18 Å². The van der Waals surface area contributed by atoms with Crippen LogP contribution in [0.4, 0.5) is 21.6 Å². The summed E-state index contributed by atoms with van der Waals surface area (Å²) in [5, 5.41) is 13.4. The Bertz CT molecular complexity index is 863. The van der Waals surface area contributed by atoms with Gasteiger partial charge in [-0.05, 0) is 48.4 Å². The Kier molecular flexibility index (Phi) is 4.99. The van der Waals surface area contributed by atoms with Gasteiger partial charge in [-0.25, -0.2) is 4.39 Å². The molecule has 5 nitrogen and oxygen atoms in total. The number of benzene rings is 2. The topological polar surface area (TPSA) is 66.9 Å². The lowest BCUT2D eigenvalue weighted by atomic mass is 10.1. The lowest BCUT2D eigenvalue weighted by Crippen LogP contribution is -2.14. The number of carbonyl (C=O) groups is 1. The number of nitrogens with one attached hydrogen (secondary N) is 2. The third-order valence-electron chi connectivity index (χ3n) is 3.65. The minimum atomic E-state index is -0.387. The predicted molar refractivity (Wildman–Crippen MR) is 95.5 cm³/mol. The molecular formula is C19H17FN4O. The van der Waals surface area contributed by atoms with Gasteiger partial charge in [-0.15, -0.1) is 10.2 Å². The van der Waals surface area contributed by atoms with Crippen molar-refractivity contribution in [1.82, 2.24) is 10.2 Å². The monoisotopic (exact) mass is 336 g/mol. The Morgan fingerprint density at radius 2 is 1.76 bits per heavy atom. The van der Waals surface area contributed by atoms with Crippen molar-refractivity contribution in [3.63, 3.8) is 0 Å². The van der Waals surface area contributed by atoms with E-state index in [4.69, 9.17) is 0 Å². The summed E-state index contributed by atoms with van der Waals surface area (Å²) in [6.07, 6.45) is 0.941. The number of hydrogen-bond acceptors (Lipinski definition) is 4. The number of anilines is 3. The highest BCUT2D eigenvalue weighted by Crippen LogP contribution is 2.17. The quantitative estimate of drug-likeness (QED) is 0.734. The number of rotatable bonds is 5. The number of aromatic nitrogens is 2. The van der Waals surface area contributed by atoms with E-state index in [0.29, 0.717) is 17.2 Å². The zero-order valence-corrected chi connectivity index (χ0v) is 13.7. The summed E-state index contributed by atoms with van der Waals surface area (Å²) in [7, 11) is 0. The fourth-order valence-corrected chi connectivity index (χ4v) is 2.24. The number of halogens is 1. The fraction of sp³-hybridized carbons (Fsp3) is 0.105. The Balaban J connectivity index is 1.66. The van der Waals surface area contributed by atoms with Crippen molar-refractivity contribution in [3.05, 3.63) is 77.7 Å². The van der Waals surface area contributed by atoms with Gasteiger partial charge in [0, 0.05) is 5.69 Å². The van der Waals surface area contributed by atoms with Gasteiger partial charge in [-0.1, -0.05) is 31.2 Å². The van der Waals surface area contributed by atoms with Crippen molar-refractivity contribution in [2.24, 2.45) is 0 Å². The minimum Gasteiger partial charge on any atom is -0.336 e. The molecule has 2 aromatic carbocycles. The maximum Gasteiger partial charge on any atom is 0.276 e. The molecule has 0 saturated heterocycles. The Hall–Kier alpha value is -3.28. The van der Waals surface area contributed by atoms with Gasteiger partial charge in [-0.3, -0.25) is 4.79 Å². The van der Waals surface area contributed by atoms with Crippen LogP contribution in [0.3, 0.4) is 0 Å². The molecule has 0 aliphatic carbocycles. The largest absolute Gasteiger partial charge is 0.336 e. The predicted octanol–water partition coefficient (Wildman–Crippen LogP) is 4.17. The van der Waals surface area contributed by atoms with Gasteiger partial charge in [0.1, 0.15) is 5.82 Å². The highest BCUT2D eigenvalue weighted by molar-refractivity contribution is 6.02. The molecule has 0 bridgehead atoms. The van der Waals surface area contributed by atoms with Crippen LogP contribution >= 0.6 is 0 Å². The summed E-state index contributed by atoms with van der Waals surface area (Å²) >= 11 is 0. The van der Waals surface area contributed by atoms with Gasteiger partial charge < -0.3 is 10.6 Å². The fourth-order valence-electron chi connectivity index (χ4n) is 2.24. The molecule has 25 heavy (non-hydrogen) atoms. The Labute approximate surface area is 144 Å². The van der Waals surface area contributed by atoms with Crippen molar-refractivity contribution in [2.75, 3.05) is 10.6 Å². The summed E-state index contributed by atoms with van der Waals surface area (Å²) in [5.74, 6) is -0.384. The van der Waals surface area contributed by atoms with Crippen molar-refractivity contribution in [3.8, 4) is 0 Å². The lowest BCUT2D eigenvalue weighted by molar-refractivity contribution is 0.102. The van der Waals surface area contributed by atoms with Crippen LogP contribution in [0, 0.1) is 5.82 Å². The van der Waals surface area contributed by atoms with Crippen LogP contribution < -0.4 is 10.6 Å². The molecule has 0 saturated carbocycles. The van der Waals surface area contributed by atoms with Crippen LogP contribution in [0.1, 0.15) is 23.0 Å². The smallest absolute Gasteiger partial charge is 0.276 e. The van der Waals surface area contributed by atoms with Gasteiger partial charge in [0.25, 0.3) is 5.91 Å². The number of nitrogens with zero attached hydrogens (tertiary/aromatic N) is 2. The van der Waals surface area contributed by atoms with Crippen LogP contribution in [0.2, 0.25) is 0 Å². The normalized spacial score (nSPS) is 10.3. The van der Waals surface area contributed by atoms with Crippen LogP contribution in [0.15, 0.2) is 60.7 Å². The Morgan fingerprint density at radius 3 is 2.40 bits per heavy atom. The van der Waals surface area contributed by atoms with E-state index in [0.717, 1.165) is 6.42 Å². The summed E-state index contributed by atoms with van der Waals surface area (Å²) in [5.41, 5.74) is 2.36. The number of amides is 1. The third-order valence-corrected chi connectivity index (χ3v) is 3.65. The van der Waals surface area contributed by atoms with E-state index in [1.165, 1.54) is 17.7 Å². The summed E-state index contributed by atoms with van der Waals surface area (Å²) in [4.78, 5) is 12.2. The molecule has 1 amide bonds. The molecule has 3 aromatic rings. The molecule has 0 spiro atoms. The van der Waals surface area contributed by atoms with E-state index < -0.39 is 0 Å². The van der Waals surface area contributed by atoms with Gasteiger partial charge in [0.15, 0.2) is 11.5 Å². The molecule has 0 radical (unpaired) electrons. The second-order valence-electron chi connectivity index (χ2n) is 5.41. The van der Waals surface area contributed by atoms with E-state index >= 15 is 0 Å². The maximum absolute atomic E-state index is 13.6. The first kappa shape index (κ1) is 16.6. The molecule has 0 fully saturated rings. The average molecular weight is 336 g/mol. The first-order chi connectivity index (χ1) is 12.2. The molecule has 1 aromatic heterocycles. The second-order valence-corrected chi connectivity index (χ2v) is 5.41. The summed E-state index contributed by atoms with van der Waals surface area (Å²) in [6.45, 7) is 2.07. The van der Waals surface area contributed by atoms with E-state index in [2.05, 4.69) is 27.8 Å². The lowest BCUT2D eigenvalue weighted by Gasteiger charge is -2.07.